The predicted molar refractivity (Wildman–Crippen MR) is 462 cm³/mol. The molecule has 0 radical (unpaired) electrons. The van der Waals surface area contributed by atoms with Crippen LogP contribution in [0.1, 0.15) is 92.3 Å². The summed E-state index contributed by atoms with van der Waals surface area (Å²) in [6.07, 6.45) is -8.34. The maximum absolute atomic E-state index is 17.6. The fraction of sp³-hybridized carbons (Fsp3) is 0.154. The lowest BCUT2D eigenvalue weighted by molar-refractivity contribution is -0.187. The second kappa shape index (κ2) is 42.1. The molecule has 1 aliphatic heterocycles. The van der Waals surface area contributed by atoms with E-state index in [0.29, 0.717) is 27.8 Å². The van der Waals surface area contributed by atoms with Crippen LogP contribution < -0.4 is 42.6 Å². The number of fused-ring (bicyclic) bond motifs is 3. The normalized spacial score (nSPS) is 13.5. The second-order valence-corrected chi connectivity index (χ2v) is 28.9. The average molecular weight is 1640 g/mol. The van der Waals surface area contributed by atoms with Crippen molar-refractivity contribution in [3.8, 4) is 62.9 Å². The highest BCUT2D eigenvalue weighted by atomic mass is 16.6. The van der Waals surface area contributed by atoms with Gasteiger partial charge in [0.2, 0.25) is 17.2 Å². The lowest BCUT2D eigenvalue weighted by atomic mass is 9.91. The Labute approximate surface area is 712 Å². The number of cyclic esters (lactones) is 2. The van der Waals surface area contributed by atoms with Gasteiger partial charge in [-0.2, -0.15) is 0 Å². The lowest BCUT2D eigenvalue weighted by Gasteiger charge is -2.35. The third-order valence-electron chi connectivity index (χ3n) is 20.1. The monoisotopic (exact) mass is 1640 g/mol. The topological polar surface area (TPSA) is 218 Å². The van der Waals surface area contributed by atoms with E-state index in [1.165, 1.54) is 24.3 Å². The zero-order chi connectivity index (χ0) is 84.2. The highest BCUT2D eigenvalue weighted by Crippen LogP contribution is 2.56. The number of rotatable bonds is 38. The predicted octanol–water partition coefficient (Wildman–Crippen LogP) is 20.7. The van der Waals surface area contributed by atoms with Gasteiger partial charge in [-0.1, -0.05) is 334 Å². The van der Waals surface area contributed by atoms with Gasteiger partial charge in [-0.05, 0) is 85.5 Å². The molecular weight excluding hydrogens is 1550 g/mol. The first-order valence-electron chi connectivity index (χ1n) is 40.3. The van der Waals surface area contributed by atoms with E-state index in [1.54, 1.807) is 60.7 Å². The molecule has 14 aromatic carbocycles. The van der Waals surface area contributed by atoms with Crippen LogP contribution in [-0.2, 0) is 101 Å². The smallest absolute Gasteiger partial charge is 0.339 e. The Bertz CT molecular complexity index is 5680. The van der Waals surface area contributed by atoms with Gasteiger partial charge in [-0.15, -0.1) is 0 Å². The number of ether oxygens (including phenoxy) is 14. The van der Waals surface area contributed by atoms with Gasteiger partial charge < -0.3 is 71.4 Å². The minimum absolute atomic E-state index is 0.0178. The van der Waals surface area contributed by atoms with Gasteiger partial charge in [0.15, 0.2) is 52.8 Å². The largest absolute Gasteiger partial charge is 0.485 e. The second-order valence-electron chi connectivity index (χ2n) is 28.9. The maximum atomic E-state index is 17.6. The number of carbonyl (C=O) groups excluding carboxylic acids is 3. The van der Waals surface area contributed by atoms with Gasteiger partial charge in [0.1, 0.15) is 72.2 Å². The average Bonchev–Trinajstić information content (AvgIpc) is 1.48. The fourth-order valence-electron chi connectivity index (χ4n) is 13.8. The summed E-state index contributed by atoms with van der Waals surface area (Å²) in [5.41, 5.74) is 6.36. The first kappa shape index (κ1) is 83.2. The summed E-state index contributed by atoms with van der Waals surface area (Å²) in [6.45, 7) is -2.51. The van der Waals surface area contributed by atoms with Gasteiger partial charge >= 0.3 is 23.9 Å². The van der Waals surface area contributed by atoms with Crippen molar-refractivity contribution in [3.63, 3.8) is 0 Å². The molecule has 4 atom stereocenters. The molecule has 0 aliphatic carbocycles. The van der Waals surface area contributed by atoms with Crippen LogP contribution in [0.2, 0.25) is 0 Å². The minimum Gasteiger partial charge on any atom is -0.485 e. The Hall–Kier alpha value is -14.9. The van der Waals surface area contributed by atoms with Crippen LogP contribution in [-0.4, -0.2) is 60.0 Å². The molecule has 0 amide bonds. The number of hydrogen-bond acceptors (Lipinski definition) is 18. The third kappa shape index (κ3) is 22.5. The zero-order valence-electron chi connectivity index (χ0n) is 67.2. The molecule has 0 spiro atoms. The van der Waals surface area contributed by atoms with Crippen molar-refractivity contribution in [3.05, 3.63) is 436 Å². The summed E-state index contributed by atoms with van der Waals surface area (Å²) in [4.78, 5) is 65.7. The number of aliphatic carboxylic acids is 1. The van der Waals surface area contributed by atoms with Gasteiger partial charge in [0.05, 0.1) is 29.9 Å². The Kier molecular flexibility index (Phi) is 28.5. The van der Waals surface area contributed by atoms with Gasteiger partial charge in [-0.25, -0.2) is 19.2 Å². The van der Waals surface area contributed by atoms with E-state index in [9.17, 15) is 9.90 Å². The summed E-state index contributed by atoms with van der Waals surface area (Å²) in [5.74, 6) is -5.42. The van der Waals surface area contributed by atoms with E-state index >= 15 is 14.4 Å². The number of hydrogen-bond donors (Lipinski definition) is 1. The van der Waals surface area contributed by atoms with Crippen LogP contribution in [0.15, 0.2) is 358 Å². The first-order chi connectivity index (χ1) is 60.6. The third-order valence-corrected chi connectivity index (χ3v) is 20.1. The SMILES string of the molecule is O=C(OC1COC(=O)c2cc(OCc3ccccc3)c(OCc3ccccc3)c(OCc3ccccc3)c2-c2c(cc(OCc3ccccc3)c(OCc3ccccc3)c2OCc2ccccc2)C(=O)OC1C(OCc1ccccc1)C(OCc1ccccc1)C(=O)O)c1cc(OCc2ccccc2)c(OCc2ccccc2)c(OCc2ccccc2)c1. The Balaban J connectivity index is 0.992. The molecule has 123 heavy (non-hydrogen) atoms. The Morgan fingerprint density at radius 1 is 0.301 bits per heavy atom. The van der Waals surface area contributed by atoms with Gasteiger partial charge in [-0.3, -0.25) is 0 Å². The lowest BCUT2D eigenvalue weighted by Crippen LogP contribution is -2.54. The summed E-state index contributed by atoms with van der Waals surface area (Å²) >= 11 is 0. The highest BCUT2D eigenvalue weighted by Gasteiger charge is 2.48. The molecule has 19 heteroatoms. The van der Waals surface area contributed by atoms with E-state index in [2.05, 4.69) is 0 Å². The summed E-state index contributed by atoms with van der Waals surface area (Å²) in [5, 5.41) is 11.9. The van der Waals surface area contributed by atoms with E-state index < -0.39 is 60.5 Å². The number of carbonyl (C=O) groups is 4. The molecule has 1 heterocycles. The summed E-state index contributed by atoms with van der Waals surface area (Å²) in [7, 11) is 0. The molecule has 0 aromatic heterocycles. The molecule has 0 bridgehead atoms. The van der Waals surface area contributed by atoms with Crippen LogP contribution in [0, 0.1) is 0 Å². The Morgan fingerprint density at radius 2 is 0.553 bits per heavy atom. The van der Waals surface area contributed by atoms with E-state index in [1.807, 2.05) is 273 Å². The number of esters is 3. The van der Waals surface area contributed by atoms with Crippen molar-refractivity contribution in [1.82, 2.24) is 0 Å². The minimum atomic E-state index is -2.17. The summed E-state index contributed by atoms with van der Waals surface area (Å²) < 4.78 is 97.3. The molecule has 14 aromatic rings. The molecule has 4 unspecified atom stereocenters. The fourth-order valence-corrected chi connectivity index (χ4v) is 13.8. The molecule has 15 rings (SSSR count). The van der Waals surface area contributed by atoms with Crippen LogP contribution in [0.4, 0.5) is 0 Å². The summed E-state index contributed by atoms with van der Waals surface area (Å²) in [6, 6.07) is 108. The number of benzene rings is 14. The molecule has 1 N–H and O–H groups in total. The van der Waals surface area contributed by atoms with Crippen LogP contribution in [0.3, 0.4) is 0 Å². The zero-order valence-corrected chi connectivity index (χ0v) is 67.2. The van der Waals surface area contributed by atoms with E-state index in [0.717, 1.165) is 33.4 Å². The van der Waals surface area contributed by atoms with Gasteiger partial charge in [0.25, 0.3) is 0 Å². The van der Waals surface area contributed by atoms with Crippen LogP contribution in [0.25, 0.3) is 11.1 Å². The maximum Gasteiger partial charge on any atom is 0.339 e. The molecule has 1 aliphatic rings. The van der Waals surface area contributed by atoms with Crippen molar-refractivity contribution in [1.29, 1.82) is 0 Å². The van der Waals surface area contributed by atoms with Crippen LogP contribution >= 0.6 is 0 Å². The standard InChI is InChI=1S/C104H88O19/c105-101(106)100(120-70-82-54-32-11-33-55-82)99(119-69-81-52-30-10-31-53-81)96-90(122-102(107)83-56-86(110-60-72-34-12-1-13-35-72)93(114-64-76-42-20-5-21-43-76)87(57-83)111-61-73-36-14-2-15-37-73)71-121-103(108)84-58-88(112-62-74-38-16-3-17-39-74)94(115-65-77-44-22-6-23-45-77)97(117-67-79-48-26-8-27-49-79)91(84)92-85(104(109)123-96)59-89(113-63-75-40-18-4-19-41-75)95(116-66-78-46-24-7-25-47-78)98(92)118-68-80-50-28-9-29-51-80/h1-59,90,96,99-100H,60-71H2,(H,105,106). The van der Waals surface area contributed by atoms with E-state index in [-0.39, 0.29) is 147 Å². The van der Waals surface area contributed by atoms with Crippen molar-refractivity contribution in [2.24, 2.45) is 0 Å². The molecule has 0 saturated carbocycles. The number of carboxylic acids is 1. The van der Waals surface area contributed by atoms with Crippen molar-refractivity contribution in [2.45, 2.75) is 97.1 Å². The number of carboxylic acid groups (broad SMARTS) is 1. The van der Waals surface area contributed by atoms with Crippen molar-refractivity contribution >= 4 is 23.9 Å². The molecule has 618 valence electrons. The first-order valence-corrected chi connectivity index (χ1v) is 40.3. The quantitative estimate of drug-likeness (QED) is 0.0281. The van der Waals surface area contributed by atoms with Crippen molar-refractivity contribution in [2.75, 3.05) is 6.61 Å². The van der Waals surface area contributed by atoms with Gasteiger partial charge in [0, 0.05) is 11.1 Å². The van der Waals surface area contributed by atoms with E-state index in [4.69, 9.17) is 66.3 Å². The van der Waals surface area contributed by atoms with Crippen LogP contribution in [0.5, 0.6) is 51.7 Å². The molecular formula is C104H88O19. The highest BCUT2D eigenvalue weighted by molar-refractivity contribution is 6.09. The molecule has 0 saturated heterocycles. The molecule has 0 fully saturated rings. The molecule has 19 nitrogen and oxygen atoms in total. The van der Waals surface area contributed by atoms with Crippen molar-refractivity contribution < 1.29 is 90.6 Å². The Morgan fingerprint density at radius 3 is 0.854 bits per heavy atom.